The molecule has 0 aromatic heterocycles. The van der Waals surface area contributed by atoms with Gasteiger partial charge < -0.3 is 44.5 Å². The number of ether oxygens (including phenoxy) is 4. The fourth-order valence-corrected chi connectivity index (χ4v) is 3.59. The van der Waals surface area contributed by atoms with Crippen LogP contribution < -0.4 is 4.74 Å². The summed E-state index contributed by atoms with van der Waals surface area (Å²) in [5, 5.41) is 49.6. The summed E-state index contributed by atoms with van der Waals surface area (Å²) in [7, 11) is 0. The van der Waals surface area contributed by atoms with Gasteiger partial charge in [-0.2, -0.15) is 0 Å². The highest BCUT2D eigenvalue weighted by Gasteiger charge is 2.44. The summed E-state index contributed by atoms with van der Waals surface area (Å²) in [6.45, 7) is 2.55. The SMILES string of the molecule is CCCCOc1ccc(CCOC2OC(COC(=O)/C=C/c3ccc(O)c(O)c3)C(O)C(O)C2O)cc1. The molecule has 10 nitrogen and oxygen atoms in total. The Kier molecular flexibility index (Phi) is 10.7. The molecule has 1 fully saturated rings. The summed E-state index contributed by atoms with van der Waals surface area (Å²) in [5.74, 6) is -0.592. The number of rotatable bonds is 12. The quantitative estimate of drug-likeness (QED) is 0.122. The lowest BCUT2D eigenvalue weighted by molar-refractivity contribution is -0.301. The molecule has 2 aromatic rings. The molecule has 5 atom stereocenters. The Bertz CT molecular complexity index is 1020. The van der Waals surface area contributed by atoms with E-state index in [1.807, 2.05) is 24.3 Å². The summed E-state index contributed by atoms with van der Waals surface area (Å²) in [4.78, 5) is 12.1. The van der Waals surface area contributed by atoms with Gasteiger partial charge in [0.25, 0.3) is 0 Å². The van der Waals surface area contributed by atoms with Crippen LogP contribution in [-0.2, 0) is 25.4 Å². The number of hydrogen-bond donors (Lipinski definition) is 5. The van der Waals surface area contributed by atoms with E-state index in [4.69, 9.17) is 18.9 Å². The average Bonchev–Trinajstić information content (AvgIpc) is 2.89. The molecular formula is C27H34O10. The minimum absolute atomic E-state index is 0.176. The molecule has 1 aliphatic rings. The first kappa shape index (κ1) is 28.4. The molecule has 0 spiro atoms. The Hall–Kier alpha value is -3.15. The summed E-state index contributed by atoms with van der Waals surface area (Å²) >= 11 is 0. The predicted octanol–water partition coefficient (Wildman–Crippen LogP) is 1.90. The minimum atomic E-state index is -1.56. The molecule has 2 aromatic carbocycles. The van der Waals surface area contributed by atoms with Crippen LogP contribution in [0.5, 0.6) is 17.2 Å². The van der Waals surface area contributed by atoms with E-state index in [0.717, 1.165) is 30.2 Å². The average molecular weight is 519 g/mol. The van der Waals surface area contributed by atoms with E-state index in [1.54, 1.807) is 0 Å². The van der Waals surface area contributed by atoms with E-state index < -0.39 is 43.3 Å². The number of aromatic hydroxyl groups is 2. The molecule has 10 heteroatoms. The number of unbranched alkanes of at least 4 members (excludes halogenated alkanes) is 1. The molecule has 3 rings (SSSR count). The van der Waals surface area contributed by atoms with Crippen LogP contribution in [0.1, 0.15) is 30.9 Å². The Morgan fingerprint density at radius 2 is 1.73 bits per heavy atom. The van der Waals surface area contributed by atoms with Gasteiger partial charge in [-0.05, 0) is 54.3 Å². The number of carbonyl (C=O) groups excluding carboxylic acids is 1. The molecule has 0 radical (unpaired) electrons. The molecule has 5 unspecified atom stereocenters. The van der Waals surface area contributed by atoms with E-state index in [2.05, 4.69) is 6.92 Å². The van der Waals surface area contributed by atoms with Crippen molar-refractivity contribution < 1.29 is 49.3 Å². The maximum atomic E-state index is 12.1. The van der Waals surface area contributed by atoms with E-state index in [9.17, 15) is 30.3 Å². The van der Waals surface area contributed by atoms with Gasteiger partial charge in [-0.3, -0.25) is 0 Å². The molecular weight excluding hydrogens is 484 g/mol. The van der Waals surface area contributed by atoms with Gasteiger partial charge in [-0.15, -0.1) is 0 Å². The number of aliphatic hydroxyl groups is 3. The predicted molar refractivity (Wildman–Crippen MR) is 133 cm³/mol. The normalized spacial score (nSPS) is 23.7. The molecule has 37 heavy (non-hydrogen) atoms. The van der Waals surface area contributed by atoms with Gasteiger partial charge in [0, 0.05) is 6.08 Å². The number of aliphatic hydroxyl groups excluding tert-OH is 3. The van der Waals surface area contributed by atoms with Gasteiger partial charge >= 0.3 is 5.97 Å². The van der Waals surface area contributed by atoms with Crippen molar-refractivity contribution in [3.05, 3.63) is 59.7 Å². The van der Waals surface area contributed by atoms with Crippen molar-refractivity contribution in [1.82, 2.24) is 0 Å². The Morgan fingerprint density at radius 1 is 0.973 bits per heavy atom. The molecule has 0 bridgehead atoms. The highest BCUT2D eigenvalue weighted by Crippen LogP contribution is 2.26. The van der Waals surface area contributed by atoms with Crippen LogP contribution in [0.15, 0.2) is 48.5 Å². The third-order valence-corrected chi connectivity index (χ3v) is 5.83. The monoisotopic (exact) mass is 518 g/mol. The lowest BCUT2D eigenvalue weighted by Gasteiger charge is -2.39. The van der Waals surface area contributed by atoms with Gasteiger partial charge in [0.1, 0.15) is 36.8 Å². The number of carbonyl (C=O) groups is 1. The van der Waals surface area contributed by atoms with Crippen LogP contribution >= 0.6 is 0 Å². The molecule has 1 aliphatic heterocycles. The number of hydrogen-bond acceptors (Lipinski definition) is 10. The summed E-state index contributed by atoms with van der Waals surface area (Å²) in [6.07, 6.45) is -1.87. The first-order chi connectivity index (χ1) is 17.8. The smallest absolute Gasteiger partial charge is 0.330 e. The van der Waals surface area contributed by atoms with Crippen molar-refractivity contribution in [3.63, 3.8) is 0 Å². The minimum Gasteiger partial charge on any atom is -0.504 e. The topological polar surface area (TPSA) is 155 Å². The van der Waals surface area contributed by atoms with Crippen LogP contribution in [0, 0.1) is 0 Å². The molecule has 1 heterocycles. The largest absolute Gasteiger partial charge is 0.504 e. The summed E-state index contributed by atoms with van der Waals surface area (Å²) in [6, 6.07) is 11.6. The zero-order valence-corrected chi connectivity index (χ0v) is 20.6. The summed E-state index contributed by atoms with van der Waals surface area (Å²) < 4.78 is 21.9. The van der Waals surface area contributed by atoms with Crippen LogP contribution in [-0.4, -0.2) is 82.0 Å². The Morgan fingerprint density at radius 3 is 2.43 bits per heavy atom. The highest BCUT2D eigenvalue weighted by molar-refractivity contribution is 5.87. The van der Waals surface area contributed by atoms with E-state index in [-0.39, 0.29) is 18.1 Å². The van der Waals surface area contributed by atoms with Crippen molar-refractivity contribution in [1.29, 1.82) is 0 Å². The third kappa shape index (κ3) is 8.44. The zero-order chi connectivity index (χ0) is 26.8. The van der Waals surface area contributed by atoms with Crippen LogP contribution in [0.2, 0.25) is 0 Å². The van der Waals surface area contributed by atoms with Crippen molar-refractivity contribution in [2.75, 3.05) is 19.8 Å². The lowest BCUT2D eigenvalue weighted by atomic mass is 9.99. The number of esters is 1. The number of benzene rings is 2. The van der Waals surface area contributed by atoms with E-state index in [1.165, 1.54) is 24.3 Å². The van der Waals surface area contributed by atoms with Crippen LogP contribution in [0.3, 0.4) is 0 Å². The molecule has 0 aliphatic carbocycles. The number of phenolic OH excluding ortho intramolecular Hbond substituents is 2. The van der Waals surface area contributed by atoms with Crippen molar-refractivity contribution >= 4 is 12.0 Å². The molecule has 0 amide bonds. The fraction of sp³-hybridized carbons (Fsp3) is 0.444. The van der Waals surface area contributed by atoms with Gasteiger partial charge in [-0.1, -0.05) is 31.5 Å². The second kappa shape index (κ2) is 14.0. The molecule has 1 saturated heterocycles. The van der Waals surface area contributed by atoms with Gasteiger partial charge in [0.15, 0.2) is 17.8 Å². The maximum absolute atomic E-state index is 12.1. The molecule has 202 valence electrons. The van der Waals surface area contributed by atoms with Crippen molar-refractivity contribution in [2.45, 2.75) is 56.9 Å². The van der Waals surface area contributed by atoms with Crippen molar-refractivity contribution in [2.24, 2.45) is 0 Å². The zero-order valence-electron chi connectivity index (χ0n) is 20.6. The Labute approximate surface area is 215 Å². The highest BCUT2D eigenvalue weighted by atomic mass is 16.7. The second-order valence-electron chi connectivity index (χ2n) is 8.69. The van der Waals surface area contributed by atoms with Gasteiger partial charge in [-0.25, -0.2) is 4.79 Å². The van der Waals surface area contributed by atoms with Gasteiger partial charge in [0.2, 0.25) is 0 Å². The van der Waals surface area contributed by atoms with E-state index >= 15 is 0 Å². The van der Waals surface area contributed by atoms with Crippen LogP contribution in [0.25, 0.3) is 6.08 Å². The Balaban J connectivity index is 1.46. The van der Waals surface area contributed by atoms with Crippen molar-refractivity contribution in [3.8, 4) is 17.2 Å². The lowest BCUT2D eigenvalue weighted by Crippen LogP contribution is -2.59. The standard InChI is InChI=1S/C27H34O10/c1-2-3-13-34-19-8-4-17(5-9-19)12-14-35-27-26(33)25(32)24(31)22(37-27)16-36-23(30)11-7-18-6-10-20(28)21(29)15-18/h4-11,15,22,24-29,31-33H,2-3,12-14,16H2,1H3/b11-7+. The van der Waals surface area contributed by atoms with Crippen LogP contribution in [0.4, 0.5) is 0 Å². The fourth-order valence-electron chi connectivity index (χ4n) is 3.59. The number of phenols is 2. The second-order valence-corrected chi connectivity index (χ2v) is 8.69. The first-order valence-electron chi connectivity index (χ1n) is 12.2. The van der Waals surface area contributed by atoms with E-state index in [0.29, 0.717) is 18.6 Å². The molecule has 0 saturated carbocycles. The first-order valence-corrected chi connectivity index (χ1v) is 12.2. The van der Waals surface area contributed by atoms with Gasteiger partial charge in [0.05, 0.1) is 13.2 Å². The third-order valence-electron chi connectivity index (χ3n) is 5.83. The molecule has 5 N–H and O–H groups in total. The maximum Gasteiger partial charge on any atom is 0.330 e. The summed E-state index contributed by atoms with van der Waals surface area (Å²) in [5.41, 5.74) is 1.43.